The summed E-state index contributed by atoms with van der Waals surface area (Å²) in [5.41, 5.74) is 1.71. The molecule has 1 heterocycles. The first kappa shape index (κ1) is 17.6. The molecule has 0 saturated carbocycles. The quantitative estimate of drug-likeness (QED) is 0.559. The van der Waals surface area contributed by atoms with Gasteiger partial charge in [-0.05, 0) is 36.4 Å². The van der Waals surface area contributed by atoms with E-state index >= 15 is 0 Å². The summed E-state index contributed by atoms with van der Waals surface area (Å²) in [5, 5.41) is 3.17. The highest BCUT2D eigenvalue weighted by atomic mass is 35.5. The van der Waals surface area contributed by atoms with Gasteiger partial charge < -0.3 is 10.1 Å². The topological polar surface area (TPSA) is 72.5 Å². The Kier molecular flexibility index (Phi) is 4.37. The number of sulfone groups is 1. The minimum atomic E-state index is -3.58. The van der Waals surface area contributed by atoms with E-state index in [-0.39, 0.29) is 16.4 Å². The summed E-state index contributed by atoms with van der Waals surface area (Å²) in [5.74, 6) is 0.0764. The molecule has 27 heavy (non-hydrogen) atoms. The van der Waals surface area contributed by atoms with Crippen LogP contribution < -0.4 is 10.1 Å². The molecule has 0 spiro atoms. The summed E-state index contributed by atoms with van der Waals surface area (Å²) in [6.07, 6.45) is 0. The zero-order valence-corrected chi connectivity index (χ0v) is 15.5. The van der Waals surface area contributed by atoms with Crippen molar-refractivity contribution in [3.05, 3.63) is 71.8 Å². The first-order valence-corrected chi connectivity index (χ1v) is 9.98. The van der Waals surface area contributed by atoms with Gasteiger partial charge in [0.25, 0.3) is 5.91 Å². The van der Waals surface area contributed by atoms with Gasteiger partial charge >= 0.3 is 0 Å². The van der Waals surface area contributed by atoms with Gasteiger partial charge in [0.2, 0.25) is 9.84 Å². The van der Waals surface area contributed by atoms with E-state index in [1.54, 1.807) is 60.7 Å². The first-order valence-electron chi connectivity index (χ1n) is 8.12. The molecule has 3 aromatic rings. The van der Waals surface area contributed by atoms with Crippen LogP contribution in [0, 0.1) is 0 Å². The summed E-state index contributed by atoms with van der Waals surface area (Å²) in [6, 6.07) is 18.4. The zero-order valence-electron chi connectivity index (χ0n) is 14.0. The lowest BCUT2D eigenvalue weighted by Gasteiger charge is -2.09. The number of rotatable bonds is 4. The third-order valence-corrected chi connectivity index (χ3v) is 6.27. The van der Waals surface area contributed by atoms with Crippen LogP contribution in [-0.2, 0) is 14.6 Å². The highest BCUT2D eigenvalue weighted by Crippen LogP contribution is 2.43. The summed E-state index contributed by atoms with van der Waals surface area (Å²) in [7, 11) is -3.58. The van der Waals surface area contributed by atoms with Gasteiger partial charge in [0.05, 0.1) is 9.79 Å². The van der Waals surface area contributed by atoms with E-state index in [0.29, 0.717) is 27.6 Å². The predicted molar refractivity (Wildman–Crippen MR) is 103 cm³/mol. The van der Waals surface area contributed by atoms with Gasteiger partial charge in [0.15, 0.2) is 6.61 Å². The third kappa shape index (κ3) is 3.29. The van der Waals surface area contributed by atoms with Crippen LogP contribution in [0.3, 0.4) is 0 Å². The van der Waals surface area contributed by atoms with Crippen LogP contribution in [0.2, 0.25) is 5.02 Å². The van der Waals surface area contributed by atoms with Crippen LogP contribution >= 0.6 is 11.6 Å². The molecule has 0 bridgehead atoms. The number of fused-ring (bicyclic) bond motifs is 3. The van der Waals surface area contributed by atoms with Crippen LogP contribution in [0.15, 0.2) is 76.5 Å². The average molecular weight is 400 g/mol. The van der Waals surface area contributed by atoms with E-state index in [2.05, 4.69) is 5.32 Å². The lowest BCUT2D eigenvalue weighted by Crippen LogP contribution is -2.20. The maximum atomic E-state index is 12.7. The van der Waals surface area contributed by atoms with E-state index in [9.17, 15) is 13.2 Å². The summed E-state index contributed by atoms with van der Waals surface area (Å²) in [4.78, 5) is 12.6. The lowest BCUT2D eigenvalue weighted by atomic mass is 10.1. The Balaban J connectivity index is 1.52. The molecule has 4 rings (SSSR count). The van der Waals surface area contributed by atoms with Gasteiger partial charge in [-0.2, -0.15) is 0 Å². The van der Waals surface area contributed by atoms with Crippen molar-refractivity contribution >= 4 is 33.0 Å². The van der Waals surface area contributed by atoms with Crippen molar-refractivity contribution in [3.8, 4) is 16.9 Å². The molecule has 0 fully saturated rings. The Morgan fingerprint density at radius 1 is 0.926 bits per heavy atom. The zero-order chi connectivity index (χ0) is 19.0. The SMILES string of the molecule is O=C(COc1cccc(Cl)c1)Nc1ccc2c(c1)S(=O)(=O)c1ccccc1-2. The number of amides is 1. The molecule has 0 radical (unpaired) electrons. The molecule has 5 nitrogen and oxygen atoms in total. The van der Waals surface area contributed by atoms with E-state index in [4.69, 9.17) is 16.3 Å². The molecule has 0 aromatic heterocycles. The van der Waals surface area contributed by atoms with Crippen LogP contribution in [0.4, 0.5) is 5.69 Å². The molecular weight excluding hydrogens is 386 g/mol. The number of ether oxygens (including phenoxy) is 1. The molecular formula is C20H14ClNO4S. The number of halogens is 1. The molecule has 0 saturated heterocycles. The molecule has 0 atom stereocenters. The van der Waals surface area contributed by atoms with Crippen LogP contribution in [0.5, 0.6) is 5.75 Å². The monoisotopic (exact) mass is 399 g/mol. The van der Waals surface area contributed by atoms with E-state index < -0.39 is 15.7 Å². The second-order valence-electron chi connectivity index (χ2n) is 6.00. The van der Waals surface area contributed by atoms with E-state index in [0.717, 1.165) is 0 Å². The van der Waals surface area contributed by atoms with Gasteiger partial charge in [-0.3, -0.25) is 4.79 Å². The molecule has 0 aliphatic carbocycles. The van der Waals surface area contributed by atoms with Gasteiger partial charge in [-0.1, -0.05) is 41.9 Å². The molecule has 1 aliphatic heterocycles. The van der Waals surface area contributed by atoms with Crippen molar-refractivity contribution in [2.45, 2.75) is 9.79 Å². The fourth-order valence-corrected chi connectivity index (χ4v) is 4.88. The predicted octanol–water partition coefficient (Wildman–Crippen LogP) is 4.17. The van der Waals surface area contributed by atoms with Crippen LogP contribution in [0.25, 0.3) is 11.1 Å². The normalized spacial score (nSPS) is 13.5. The summed E-state index contributed by atoms with van der Waals surface area (Å²) in [6.45, 7) is -0.218. The Morgan fingerprint density at radius 3 is 2.52 bits per heavy atom. The first-order chi connectivity index (χ1) is 12.9. The third-order valence-electron chi connectivity index (χ3n) is 4.19. The summed E-state index contributed by atoms with van der Waals surface area (Å²) >= 11 is 5.87. The number of hydrogen-bond acceptors (Lipinski definition) is 4. The maximum Gasteiger partial charge on any atom is 0.262 e. The number of benzene rings is 3. The number of carbonyl (C=O) groups excluding carboxylic acids is 1. The largest absolute Gasteiger partial charge is 0.484 e. The number of carbonyl (C=O) groups is 1. The van der Waals surface area contributed by atoms with E-state index in [1.807, 2.05) is 0 Å². The van der Waals surface area contributed by atoms with Crippen molar-refractivity contribution in [2.24, 2.45) is 0 Å². The Hall–Kier alpha value is -2.83. The molecule has 136 valence electrons. The molecule has 1 aliphatic rings. The van der Waals surface area contributed by atoms with Crippen LogP contribution in [0.1, 0.15) is 0 Å². The summed E-state index contributed by atoms with van der Waals surface area (Å²) < 4.78 is 30.8. The molecule has 1 N–H and O–H groups in total. The van der Waals surface area contributed by atoms with Gasteiger partial charge in [0.1, 0.15) is 5.75 Å². The fraction of sp³-hybridized carbons (Fsp3) is 0.0500. The fourth-order valence-electron chi connectivity index (χ4n) is 2.99. The highest BCUT2D eigenvalue weighted by molar-refractivity contribution is 7.92. The van der Waals surface area contributed by atoms with Crippen molar-refractivity contribution in [1.29, 1.82) is 0 Å². The minimum Gasteiger partial charge on any atom is -0.484 e. The minimum absolute atomic E-state index is 0.192. The van der Waals surface area contributed by atoms with Gasteiger partial charge in [0, 0.05) is 21.8 Å². The number of hydrogen-bond donors (Lipinski definition) is 1. The second kappa shape index (κ2) is 6.72. The van der Waals surface area contributed by atoms with Crippen molar-refractivity contribution in [1.82, 2.24) is 0 Å². The standard InChI is InChI=1S/C20H14ClNO4S/c21-13-4-3-5-15(10-13)26-12-20(23)22-14-8-9-17-16-6-1-2-7-18(16)27(24,25)19(17)11-14/h1-11H,12H2,(H,22,23). The number of anilines is 1. The van der Waals surface area contributed by atoms with Crippen molar-refractivity contribution in [2.75, 3.05) is 11.9 Å². The van der Waals surface area contributed by atoms with Crippen LogP contribution in [-0.4, -0.2) is 20.9 Å². The Morgan fingerprint density at radius 2 is 1.70 bits per heavy atom. The number of nitrogens with one attached hydrogen (secondary N) is 1. The van der Waals surface area contributed by atoms with E-state index in [1.165, 1.54) is 6.07 Å². The Bertz CT molecular complexity index is 1160. The highest BCUT2D eigenvalue weighted by Gasteiger charge is 2.32. The smallest absolute Gasteiger partial charge is 0.262 e. The van der Waals surface area contributed by atoms with Gasteiger partial charge in [-0.15, -0.1) is 0 Å². The van der Waals surface area contributed by atoms with Gasteiger partial charge in [-0.25, -0.2) is 8.42 Å². The van der Waals surface area contributed by atoms with Crippen molar-refractivity contribution in [3.63, 3.8) is 0 Å². The molecule has 1 amide bonds. The average Bonchev–Trinajstić information content (AvgIpc) is 2.88. The molecule has 0 unspecified atom stereocenters. The molecule has 3 aromatic carbocycles. The Labute approximate surface area is 161 Å². The second-order valence-corrected chi connectivity index (χ2v) is 8.33. The molecule has 7 heteroatoms. The van der Waals surface area contributed by atoms with Crippen molar-refractivity contribution < 1.29 is 17.9 Å². The maximum absolute atomic E-state index is 12.7. The lowest BCUT2D eigenvalue weighted by molar-refractivity contribution is -0.118.